The minimum Gasteiger partial charge on any atom is -0.368 e. The van der Waals surface area contributed by atoms with Gasteiger partial charge in [-0.15, -0.1) is 0 Å². The van der Waals surface area contributed by atoms with Gasteiger partial charge in [0.1, 0.15) is 0 Å². The van der Waals surface area contributed by atoms with E-state index in [0.717, 1.165) is 24.0 Å². The van der Waals surface area contributed by atoms with Crippen molar-refractivity contribution in [3.8, 4) is 0 Å². The molecule has 138 valence electrons. The van der Waals surface area contributed by atoms with Crippen LogP contribution >= 0.6 is 0 Å². The summed E-state index contributed by atoms with van der Waals surface area (Å²) in [5, 5.41) is 3.38. The number of aromatic nitrogens is 2. The standard InChI is InChI=1S/C23H20N4O/c28-23(21-16-24-15-19-6-3-9-25-22(19)21)27-12-10-26(11-13-27)20-8-7-17-4-1-2-5-18(17)14-20/h1-9,14-16H,10-13H2. The first kappa shape index (κ1) is 16.7. The molecule has 0 N–H and O–H groups in total. The lowest BCUT2D eigenvalue weighted by Gasteiger charge is -2.36. The van der Waals surface area contributed by atoms with Crippen molar-refractivity contribution in [2.24, 2.45) is 0 Å². The zero-order valence-corrected chi connectivity index (χ0v) is 15.5. The van der Waals surface area contributed by atoms with E-state index in [1.54, 1.807) is 18.6 Å². The van der Waals surface area contributed by atoms with Gasteiger partial charge < -0.3 is 9.80 Å². The quantitative estimate of drug-likeness (QED) is 0.541. The molecule has 2 aromatic carbocycles. The Morgan fingerprint density at radius 3 is 2.46 bits per heavy atom. The third-order valence-corrected chi connectivity index (χ3v) is 5.41. The summed E-state index contributed by atoms with van der Waals surface area (Å²) in [4.78, 5) is 25.9. The van der Waals surface area contributed by atoms with Crippen LogP contribution in [0.25, 0.3) is 21.7 Å². The average Bonchev–Trinajstić information content (AvgIpc) is 2.78. The largest absolute Gasteiger partial charge is 0.368 e. The highest BCUT2D eigenvalue weighted by Crippen LogP contribution is 2.24. The number of piperazine rings is 1. The number of rotatable bonds is 2. The molecule has 1 saturated heterocycles. The first-order chi connectivity index (χ1) is 13.8. The Hall–Kier alpha value is -3.47. The van der Waals surface area contributed by atoms with Crippen LogP contribution < -0.4 is 4.90 Å². The Morgan fingerprint density at radius 1 is 0.821 bits per heavy atom. The zero-order chi connectivity index (χ0) is 18.9. The number of benzene rings is 2. The first-order valence-electron chi connectivity index (χ1n) is 9.51. The fraction of sp³-hybridized carbons (Fsp3) is 0.174. The normalized spacial score (nSPS) is 14.6. The van der Waals surface area contributed by atoms with Crippen LogP contribution in [0.2, 0.25) is 0 Å². The molecule has 1 aliphatic heterocycles. The maximum atomic E-state index is 13.1. The van der Waals surface area contributed by atoms with Crippen LogP contribution in [0.3, 0.4) is 0 Å². The second kappa shape index (κ2) is 6.93. The topological polar surface area (TPSA) is 49.3 Å². The van der Waals surface area contributed by atoms with Gasteiger partial charge in [0.05, 0.1) is 11.1 Å². The predicted molar refractivity (Wildman–Crippen MR) is 112 cm³/mol. The van der Waals surface area contributed by atoms with Crippen LogP contribution in [0.1, 0.15) is 10.4 Å². The van der Waals surface area contributed by atoms with Gasteiger partial charge in [-0.25, -0.2) is 0 Å². The predicted octanol–water partition coefficient (Wildman–Crippen LogP) is 3.75. The lowest BCUT2D eigenvalue weighted by atomic mass is 10.1. The molecule has 28 heavy (non-hydrogen) atoms. The van der Waals surface area contributed by atoms with Crippen LogP contribution in [-0.2, 0) is 0 Å². The minimum atomic E-state index is 0.00922. The molecule has 0 spiro atoms. The van der Waals surface area contributed by atoms with E-state index in [0.29, 0.717) is 18.7 Å². The number of hydrogen-bond donors (Lipinski definition) is 0. The van der Waals surface area contributed by atoms with Gasteiger partial charge in [-0.2, -0.15) is 0 Å². The summed E-state index contributed by atoms with van der Waals surface area (Å²) in [6.45, 7) is 3.01. The van der Waals surface area contributed by atoms with Crippen molar-refractivity contribution in [2.75, 3.05) is 31.1 Å². The number of hydrogen-bond acceptors (Lipinski definition) is 4. The molecule has 2 aromatic heterocycles. The number of amides is 1. The highest BCUT2D eigenvalue weighted by molar-refractivity contribution is 6.05. The lowest BCUT2D eigenvalue weighted by molar-refractivity contribution is 0.0748. The highest BCUT2D eigenvalue weighted by atomic mass is 16.2. The maximum absolute atomic E-state index is 13.1. The van der Waals surface area contributed by atoms with Crippen molar-refractivity contribution in [1.29, 1.82) is 0 Å². The van der Waals surface area contributed by atoms with Gasteiger partial charge in [-0.3, -0.25) is 14.8 Å². The summed E-state index contributed by atoms with van der Waals surface area (Å²) in [6.07, 6.45) is 5.10. The molecular formula is C23H20N4O. The first-order valence-corrected chi connectivity index (χ1v) is 9.51. The number of anilines is 1. The van der Waals surface area contributed by atoms with E-state index in [9.17, 15) is 4.79 Å². The zero-order valence-electron chi connectivity index (χ0n) is 15.5. The summed E-state index contributed by atoms with van der Waals surface area (Å²) >= 11 is 0. The maximum Gasteiger partial charge on any atom is 0.257 e. The van der Waals surface area contributed by atoms with Crippen LogP contribution in [0, 0.1) is 0 Å². The number of carbonyl (C=O) groups excluding carboxylic acids is 1. The Morgan fingerprint density at radius 2 is 1.61 bits per heavy atom. The van der Waals surface area contributed by atoms with Crippen LogP contribution in [-0.4, -0.2) is 47.0 Å². The molecule has 5 nitrogen and oxygen atoms in total. The Balaban J connectivity index is 1.34. The summed E-state index contributed by atoms with van der Waals surface area (Å²) in [7, 11) is 0. The Kier molecular flexibility index (Phi) is 4.13. The van der Waals surface area contributed by atoms with Gasteiger partial charge in [0.25, 0.3) is 5.91 Å². The van der Waals surface area contributed by atoms with E-state index in [1.807, 2.05) is 17.0 Å². The number of nitrogens with zero attached hydrogens (tertiary/aromatic N) is 4. The Bertz CT molecular complexity index is 1160. The van der Waals surface area contributed by atoms with Gasteiger partial charge in [-0.05, 0) is 35.0 Å². The number of pyridine rings is 2. The molecule has 4 aromatic rings. The van der Waals surface area contributed by atoms with Gasteiger partial charge >= 0.3 is 0 Å². The monoisotopic (exact) mass is 368 g/mol. The van der Waals surface area contributed by atoms with Crippen LogP contribution in [0.4, 0.5) is 5.69 Å². The summed E-state index contributed by atoms with van der Waals surface area (Å²) < 4.78 is 0. The molecule has 5 heteroatoms. The van der Waals surface area contributed by atoms with E-state index >= 15 is 0 Å². The van der Waals surface area contributed by atoms with Gasteiger partial charge in [-0.1, -0.05) is 30.3 Å². The lowest BCUT2D eigenvalue weighted by Crippen LogP contribution is -2.48. The molecule has 1 aliphatic rings. The number of fused-ring (bicyclic) bond motifs is 2. The molecule has 0 radical (unpaired) electrons. The SMILES string of the molecule is O=C(c1cncc2cccnc12)N1CCN(c2ccc3ccccc3c2)CC1. The molecule has 0 unspecified atom stereocenters. The van der Waals surface area contributed by atoms with Gasteiger partial charge in [0.2, 0.25) is 0 Å². The van der Waals surface area contributed by atoms with E-state index in [2.05, 4.69) is 57.3 Å². The van der Waals surface area contributed by atoms with E-state index in [-0.39, 0.29) is 5.91 Å². The fourth-order valence-electron chi connectivity index (χ4n) is 3.87. The van der Waals surface area contributed by atoms with Crippen molar-refractivity contribution in [3.05, 3.63) is 78.8 Å². The summed E-state index contributed by atoms with van der Waals surface area (Å²) in [6, 6.07) is 18.7. The molecule has 0 bridgehead atoms. The fourth-order valence-corrected chi connectivity index (χ4v) is 3.87. The van der Waals surface area contributed by atoms with Crippen LogP contribution in [0.15, 0.2) is 73.2 Å². The highest BCUT2D eigenvalue weighted by Gasteiger charge is 2.24. The molecule has 3 heterocycles. The average molecular weight is 368 g/mol. The summed E-state index contributed by atoms with van der Waals surface area (Å²) in [5.41, 5.74) is 2.51. The van der Waals surface area contributed by atoms with Crippen molar-refractivity contribution >= 4 is 33.3 Å². The van der Waals surface area contributed by atoms with Crippen LogP contribution in [0.5, 0.6) is 0 Å². The van der Waals surface area contributed by atoms with E-state index < -0.39 is 0 Å². The molecule has 0 atom stereocenters. The molecule has 0 saturated carbocycles. The smallest absolute Gasteiger partial charge is 0.257 e. The minimum absolute atomic E-state index is 0.00922. The molecule has 1 amide bonds. The van der Waals surface area contributed by atoms with Crippen molar-refractivity contribution in [3.63, 3.8) is 0 Å². The molecule has 5 rings (SSSR count). The molecule has 1 fully saturated rings. The van der Waals surface area contributed by atoms with E-state index in [4.69, 9.17) is 0 Å². The molecule has 0 aliphatic carbocycles. The van der Waals surface area contributed by atoms with Crippen molar-refractivity contribution in [2.45, 2.75) is 0 Å². The van der Waals surface area contributed by atoms with Crippen molar-refractivity contribution in [1.82, 2.24) is 14.9 Å². The Labute approximate surface area is 163 Å². The molecular weight excluding hydrogens is 348 g/mol. The third kappa shape index (κ3) is 2.95. The second-order valence-electron chi connectivity index (χ2n) is 7.07. The van der Waals surface area contributed by atoms with Gasteiger partial charge in [0.15, 0.2) is 0 Å². The third-order valence-electron chi connectivity index (χ3n) is 5.41. The van der Waals surface area contributed by atoms with Gasteiger partial charge in [0, 0.05) is 55.8 Å². The summed E-state index contributed by atoms with van der Waals surface area (Å²) in [5.74, 6) is 0.00922. The van der Waals surface area contributed by atoms with Crippen molar-refractivity contribution < 1.29 is 4.79 Å². The number of carbonyl (C=O) groups is 1. The van der Waals surface area contributed by atoms with E-state index in [1.165, 1.54) is 16.5 Å². The second-order valence-corrected chi connectivity index (χ2v) is 7.07.